The Kier molecular flexibility index (Phi) is 4.07. The highest BCUT2D eigenvalue weighted by molar-refractivity contribution is 7.15. The summed E-state index contributed by atoms with van der Waals surface area (Å²) in [4.78, 5) is 30.7. The van der Waals surface area contributed by atoms with Crippen LogP contribution in [0.1, 0.15) is 4.88 Å². The molecule has 1 fully saturated rings. The molecular formula is C21H15FN4O3S. The summed E-state index contributed by atoms with van der Waals surface area (Å²) in [6, 6.07) is 12.6. The maximum absolute atomic E-state index is 13.6. The number of hydrogen-bond acceptors (Lipinski definition) is 5. The first-order valence-electron chi connectivity index (χ1n) is 9.09. The van der Waals surface area contributed by atoms with E-state index in [9.17, 15) is 19.1 Å². The van der Waals surface area contributed by atoms with E-state index in [0.717, 1.165) is 10.6 Å². The van der Waals surface area contributed by atoms with E-state index in [4.69, 9.17) is 0 Å². The predicted octanol–water partition coefficient (Wildman–Crippen LogP) is 3.34. The van der Waals surface area contributed by atoms with Gasteiger partial charge in [-0.1, -0.05) is 6.07 Å². The number of aromatic nitrogens is 2. The Hall–Kier alpha value is -3.72. The van der Waals surface area contributed by atoms with Gasteiger partial charge in [-0.05, 0) is 42.5 Å². The molecule has 1 aliphatic heterocycles. The van der Waals surface area contributed by atoms with E-state index in [1.54, 1.807) is 24.5 Å². The van der Waals surface area contributed by atoms with Crippen LogP contribution in [0.2, 0.25) is 0 Å². The molecule has 30 heavy (non-hydrogen) atoms. The van der Waals surface area contributed by atoms with E-state index in [-0.39, 0.29) is 12.4 Å². The second-order valence-corrected chi connectivity index (χ2v) is 8.09. The van der Waals surface area contributed by atoms with Crippen molar-refractivity contribution in [3.63, 3.8) is 0 Å². The van der Waals surface area contributed by atoms with Gasteiger partial charge in [0, 0.05) is 28.0 Å². The van der Waals surface area contributed by atoms with E-state index in [2.05, 4.69) is 15.6 Å². The van der Waals surface area contributed by atoms with Crippen LogP contribution in [0.4, 0.5) is 9.18 Å². The number of carbonyl (C=O) groups is 2. The van der Waals surface area contributed by atoms with Crippen LogP contribution in [0.25, 0.3) is 21.3 Å². The lowest BCUT2D eigenvalue weighted by molar-refractivity contribution is -0.124. The molecule has 1 atom stereocenters. The van der Waals surface area contributed by atoms with Crippen LogP contribution in [0, 0.1) is 5.82 Å². The summed E-state index contributed by atoms with van der Waals surface area (Å²) in [5, 5.41) is 16.6. The molecule has 9 heteroatoms. The van der Waals surface area contributed by atoms with Crippen LogP contribution >= 0.6 is 11.3 Å². The van der Waals surface area contributed by atoms with Gasteiger partial charge in [0.1, 0.15) is 5.82 Å². The van der Waals surface area contributed by atoms with Gasteiger partial charge in [0.15, 0.2) is 11.4 Å². The van der Waals surface area contributed by atoms with E-state index in [0.29, 0.717) is 15.6 Å². The van der Waals surface area contributed by atoms with E-state index < -0.39 is 23.3 Å². The summed E-state index contributed by atoms with van der Waals surface area (Å²) in [6.07, 6.45) is 3.30. The third-order valence-electron chi connectivity index (χ3n) is 5.12. The van der Waals surface area contributed by atoms with Crippen LogP contribution < -0.4 is 10.6 Å². The minimum atomic E-state index is -1.42. The Balaban J connectivity index is 1.60. The number of halogens is 1. The molecule has 0 aliphatic carbocycles. The molecule has 3 N–H and O–H groups in total. The third kappa shape index (κ3) is 2.82. The first kappa shape index (κ1) is 18.3. The molecule has 7 nitrogen and oxygen atoms in total. The maximum Gasteiger partial charge on any atom is 0.322 e. The van der Waals surface area contributed by atoms with Crippen molar-refractivity contribution in [1.29, 1.82) is 0 Å². The standard InChI is InChI=1S/C21H15FN4O3S/c22-13-5-4-12-10-26(18(27)14(12)9-13)11-21(19(28)24-20(29)25-21)17-7-6-16(30-17)15-3-1-2-8-23-15/h1-10,27H,11H2,(H2,24,25,28,29)/t21-/m0/s1. The number of nitrogens with one attached hydrogen (secondary N) is 2. The lowest BCUT2D eigenvalue weighted by atomic mass is 9.97. The number of rotatable bonds is 4. The first-order valence-corrected chi connectivity index (χ1v) is 9.91. The second-order valence-electron chi connectivity index (χ2n) is 7.00. The summed E-state index contributed by atoms with van der Waals surface area (Å²) in [5.41, 5.74) is -0.668. The largest absolute Gasteiger partial charge is 0.494 e. The summed E-state index contributed by atoms with van der Waals surface area (Å²) in [5.74, 6) is -1.18. The zero-order valence-corrected chi connectivity index (χ0v) is 16.2. The number of nitrogens with zero attached hydrogens (tertiary/aromatic N) is 2. The summed E-state index contributed by atoms with van der Waals surface area (Å²) < 4.78 is 15.0. The van der Waals surface area contributed by atoms with Gasteiger partial charge in [-0.15, -0.1) is 11.3 Å². The van der Waals surface area contributed by atoms with Crippen molar-refractivity contribution in [3.05, 3.63) is 71.6 Å². The van der Waals surface area contributed by atoms with Crippen LogP contribution in [0.5, 0.6) is 5.88 Å². The Morgan fingerprint density at radius 2 is 2.03 bits per heavy atom. The highest BCUT2D eigenvalue weighted by atomic mass is 32.1. The number of thiophene rings is 1. The quantitative estimate of drug-likeness (QED) is 0.440. The summed E-state index contributed by atoms with van der Waals surface area (Å²) >= 11 is 1.33. The fourth-order valence-electron chi connectivity index (χ4n) is 3.66. The van der Waals surface area contributed by atoms with Crippen molar-refractivity contribution in [2.45, 2.75) is 12.1 Å². The van der Waals surface area contributed by atoms with Crippen LogP contribution in [0.15, 0.2) is 60.9 Å². The zero-order chi connectivity index (χ0) is 20.9. The summed E-state index contributed by atoms with van der Waals surface area (Å²) in [7, 11) is 0. The number of benzene rings is 1. The maximum atomic E-state index is 13.6. The van der Waals surface area contributed by atoms with Crippen molar-refractivity contribution < 1.29 is 19.1 Å². The van der Waals surface area contributed by atoms with Gasteiger partial charge in [-0.3, -0.25) is 15.1 Å². The van der Waals surface area contributed by atoms with Crippen molar-refractivity contribution in [3.8, 4) is 16.5 Å². The Bertz CT molecular complexity index is 1300. The van der Waals surface area contributed by atoms with E-state index >= 15 is 0 Å². The number of aromatic hydroxyl groups is 1. The topological polar surface area (TPSA) is 96.2 Å². The number of amides is 3. The third-order valence-corrected chi connectivity index (χ3v) is 6.39. The molecular weight excluding hydrogens is 407 g/mol. The molecule has 4 aromatic rings. The molecule has 3 aromatic heterocycles. The number of fused-ring (bicyclic) bond motifs is 1. The molecule has 1 saturated heterocycles. The molecule has 1 aliphatic rings. The molecule has 0 radical (unpaired) electrons. The molecule has 1 aromatic carbocycles. The average molecular weight is 422 g/mol. The molecule has 150 valence electrons. The van der Waals surface area contributed by atoms with Gasteiger partial charge in [-0.2, -0.15) is 0 Å². The smallest absolute Gasteiger partial charge is 0.322 e. The van der Waals surface area contributed by atoms with Crippen molar-refractivity contribution in [2.24, 2.45) is 0 Å². The fourth-order valence-corrected chi connectivity index (χ4v) is 4.78. The fraction of sp³-hybridized carbons (Fsp3) is 0.0952. The molecule has 0 unspecified atom stereocenters. The van der Waals surface area contributed by atoms with Gasteiger partial charge in [0.2, 0.25) is 0 Å². The number of urea groups is 1. The second kappa shape index (κ2) is 6.67. The molecule has 0 spiro atoms. The van der Waals surface area contributed by atoms with Crippen molar-refractivity contribution in [1.82, 2.24) is 20.2 Å². The number of pyridine rings is 1. The Labute approximate surface area is 173 Å². The first-order chi connectivity index (χ1) is 14.5. The monoisotopic (exact) mass is 422 g/mol. The lowest BCUT2D eigenvalue weighted by Crippen LogP contribution is -2.46. The number of imide groups is 1. The highest BCUT2D eigenvalue weighted by Crippen LogP contribution is 2.38. The highest BCUT2D eigenvalue weighted by Gasteiger charge is 2.49. The molecule has 4 heterocycles. The van der Waals surface area contributed by atoms with Crippen molar-refractivity contribution >= 4 is 34.0 Å². The number of hydrogen-bond donors (Lipinski definition) is 3. The predicted molar refractivity (Wildman–Crippen MR) is 109 cm³/mol. The van der Waals surface area contributed by atoms with Crippen molar-refractivity contribution in [2.75, 3.05) is 0 Å². The molecule has 0 saturated carbocycles. The van der Waals surface area contributed by atoms with Crippen LogP contribution in [-0.4, -0.2) is 26.6 Å². The minimum Gasteiger partial charge on any atom is -0.494 e. The Morgan fingerprint density at radius 1 is 1.17 bits per heavy atom. The average Bonchev–Trinajstić information content (AvgIpc) is 3.41. The van der Waals surface area contributed by atoms with Crippen LogP contribution in [-0.2, 0) is 16.9 Å². The van der Waals surface area contributed by atoms with Gasteiger partial charge in [-0.25, -0.2) is 9.18 Å². The summed E-state index contributed by atoms with van der Waals surface area (Å²) in [6.45, 7) is -0.0606. The molecule has 0 bridgehead atoms. The van der Waals surface area contributed by atoms with Crippen LogP contribution in [0.3, 0.4) is 0 Å². The van der Waals surface area contributed by atoms with Gasteiger partial charge < -0.3 is 15.0 Å². The minimum absolute atomic E-state index is 0.0606. The molecule has 5 rings (SSSR count). The van der Waals surface area contributed by atoms with Gasteiger partial charge in [0.05, 0.1) is 17.1 Å². The normalized spacial score (nSPS) is 18.6. The van der Waals surface area contributed by atoms with E-state index in [1.807, 2.05) is 24.3 Å². The van der Waals surface area contributed by atoms with Gasteiger partial charge in [0.25, 0.3) is 5.91 Å². The number of carbonyl (C=O) groups excluding carboxylic acids is 2. The Morgan fingerprint density at radius 3 is 2.77 bits per heavy atom. The lowest BCUT2D eigenvalue weighted by Gasteiger charge is -2.25. The van der Waals surface area contributed by atoms with Gasteiger partial charge >= 0.3 is 6.03 Å². The SMILES string of the molecule is O=C1NC(=O)[C@](Cn2cc3ccc(F)cc3c2O)(c2ccc(-c3ccccn3)s2)N1. The van der Waals surface area contributed by atoms with E-state index in [1.165, 1.54) is 28.0 Å². The molecule has 3 amide bonds. The zero-order valence-electron chi connectivity index (χ0n) is 15.4.